The predicted molar refractivity (Wildman–Crippen MR) is 167 cm³/mol. The standard InChI is InChI=1S/C38H22O2/c1-3-11-23(12-4-1)29-21-26-20-19-25-22-30(24-13-5-2-6-14-24)37-36(28-16-8-10-18-32(28)39-37)33(25)34(26)38-35(29)27-15-7-9-17-31(27)40-38/h1-22H. The smallest absolute Gasteiger partial charge is 0.144 e. The van der Waals surface area contributed by atoms with Crippen LogP contribution in [0.2, 0.25) is 0 Å². The van der Waals surface area contributed by atoms with E-state index in [9.17, 15) is 0 Å². The van der Waals surface area contributed by atoms with Crippen molar-refractivity contribution < 1.29 is 8.83 Å². The van der Waals surface area contributed by atoms with Crippen molar-refractivity contribution in [2.24, 2.45) is 0 Å². The first kappa shape index (κ1) is 21.6. The van der Waals surface area contributed by atoms with Gasteiger partial charge in [-0.3, -0.25) is 0 Å². The van der Waals surface area contributed by atoms with Crippen molar-refractivity contribution in [2.75, 3.05) is 0 Å². The minimum absolute atomic E-state index is 0.890. The van der Waals surface area contributed by atoms with Gasteiger partial charge < -0.3 is 8.83 Å². The van der Waals surface area contributed by atoms with Gasteiger partial charge in [-0.2, -0.15) is 0 Å². The van der Waals surface area contributed by atoms with Gasteiger partial charge in [0, 0.05) is 37.9 Å². The Labute approximate surface area is 229 Å². The molecule has 0 aliphatic carbocycles. The van der Waals surface area contributed by atoms with Crippen LogP contribution in [0.25, 0.3) is 87.7 Å². The fraction of sp³-hybridized carbons (Fsp3) is 0. The lowest BCUT2D eigenvalue weighted by atomic mass is 9.90. The van der Waals surface area contributed by atoms with Crippen LogP contribution in [0.15, 0.2) is 142 Å². The summed E-state index contributed by atoms with van der Waals surface area (Å²) in [6.45, 7) is 0. The Morgan fingerprint density at radius 2 is 0.850 bits per heavy atom. The van der Waals surface area contributed by atoms with Gasteiger partial charge in [-0.1, -0.05) is 109 Å². The Kier molecular flexibility index (Phi) is 4.36. The van der Waals surface area contributed by atoms with Crippen LogP contribution in [-0.2, 0) is 0 Å². The van der Waals surface area contributed by atoms with E-state index in [1.807, 2.05) is 12.1 Å². The SMILES string of the molecule is c1ccc(-c2cc3ccc4cc(-c5ccccc5)c5c6ccccc6oc5c4c3c3c2oc2ccccc23)cc1. The second kappa shape index (κ2) is 8.08. The first-order valence-electron chi connectivity index (χ1n) is 13.6. The fourth-order valence-corrected chi connectivity index (χ4v) is 6.49. The van der Waals surface area contributed by atoms with Gasteiger partial charge >= 0.3 is 0 Å². The molecule has 0 aliphatic rings. The first-order valence-corrected chi connectivity index (χ1v) is 13.6. The van der Waals surface area contributed by atoms with Gasteiger partial charge in [0.05, 0.1) is 0 Å². The summed E-state index contributed by atoms with van der Waals surface area (Å²) in [5, 5.41) is 9.13. The van der Waals surface area contributed by atoms with Crippen LogP contribution in [0.1, 0.15) is 0 Å². The van der Waals surface area contributed by atoms with Crippen LogP contribution in [0.4, 0.5) is 0 Å². The summed E-state index contributed by atoms with van der Waals surface area (Å²) >= 11 is 0. The summed E-state index contributed by atoms with van der Waals surface area (Å²) in [5.41, 5.74) is 8.21. The molecule has 9 aromatic rings. The monoisotopic (exact) mass is 510 g/mol. The summed E-state index contributed by atoms with van der Waals surface area (Å²) in [6, 6.07) is 46.9. The second-order valence-electron chi connectivity index (χ2n) is 10.4. The molecule has 0 spiro atoms. The highest BCUT2D eigenvalue weighted by atomic mass is 16.3. The van der Waals surface area contributed by atoms with E-state index in [0.717, 1.165) is 65.8 Å². The molecule has 0 saturated carbocycles. The fourth-order valence-electron chi connectivity index (χ4n) is 6.49. The van der Waals surface area contributed by atoms with E-state index in [1.54, 1.807) is 0 Å². The van der Waals surface area contributed by atoms with Crippen molar-refractivity contribution in [1.82, 2.24) is 0 Å². The number of furan rings is 2. The molecule has 0 atom stereocenters. The van der Waals surface area contributed by atoms with E-state index in [2.05, 4.69) is 121 Å². The van der Waals surface area contributed by atoms with Crippen LogP contribution in [-0.4, -0.2) is 0 Å². The van der Waals surface area contributed by atoms with Crippen LogP contribution in [0.5, 0.6) is 0 Å². The molecule has 0 radical (unpaired) electrons. The molecule has 186 valence electrons. The minimum Gasteiger partial charge on any atom is -0.455 e. The van der Waals surface area contributed by atoms with Gasteiger partial charge in [-0.05, 0) is 51.7 Å². The molecule has 0 saturated heterocycles. The van der Waals surface area contributed by atoms with Gasteiger partial charge in [0.15, 0.2) is 0 Å². The van der Waals surface area contributed by atoms with Crippen molar-refractivity contribution in [2.45, 2.75) is 0 Å². The third-order valence-corrected chi connectivity index (χ3v) is 8.22. The van der Waals surface area contributed by atoms with E-state index in [4.69, 9.17) is 8.83 Å². The third-order valence-electron chi connectivity index (χ3n) is 8.22. The molecule has 0 N–H and O–H groups in total. The highest BCUT2D eigenvalue weighted by molar-refractivity contribution is 6.35. The Morgan fingerprint density at radius 1 is 0.350 bits per heavy atom. The molecule has 0 aliphatic heterocycles. The molecule has 0 fully saturated rings. The van der Waals surface area contributed by atoms with Gasteiger partial charge in [-0.15, -0.1) is 0 Å². The van der Waals surface area contributed by atoms with Crippen molar-refractivity contribution in [1.29, 1.82) is 0 Å². The summed E-state index contributed by atoms with van der Waals surface area (Å²) < 4.78 is 13.4. The lowest BCUT2D eigenvalue weighted by Crippen LogP contribution is -1.87. The largest absolute Gasteiger partial charge is 0.455 e. The average Bonchev–Trinajstić information content (AvgIpc) is 3.60. The van der Waals surface area contributed by atoms with E-state index in [-0.39, 0.29) is 0 Å². The molecular formula is C38H22O2. The molecule has 2 nitrogen and oxygen atoms in total. The van der Waals surface area contributed by atoms with Crippen molar-refractivity contribution in [3.8, 4) is 22.3 Å². The molecule has 2 heterocycles. The summed E-state index contributed by atoms with van der Waals surface area (Å²) in [4.78, 5) is 0. The predicted octanol–water partition coefficient (Wildman–Crippen LogP) is 11.1. The minimum atomic E-state index is 0.890. The number of hydrogen-bond acceptors (Lipinski definition) is 2. The zero-order valence-electron chi connectivity index (χ0n) is 21.5. The molecule has 0 unspecified atom stereocenters. The van der Waals surface area contributed by atoms with Gasteiger partial charge in [0.25, 0.3) is 0 Å². The van der Waals surface area contributed by atoms with Crippen LogP contribution >= 0.6 is 0 Å². The molecular weight excluding hydrogens is 488 g/mol. The van der Waals surface area contributed by atoms with E-state index >= 15 is 0 Å². The van der Waals surface area contributed by atoms with Crippen molar-refractivity contribution >= 4 is 65.4 Å². The zero-order valence-corrected chi connectivity index (χ0v) is 21.5. The molecule has 2 aromatic heterocycles. The van der Waals surface area contributed by atoms with Gasteiger partial charge in [0.2, 0.25) is 0 Å². The Balaban J connectivity index is 1.55. The quantitative estimate of drug-likeness (QED) is 0.216. The Morgan fingerprint density at radius 3 is 1.52 bits per heavy atom. The molecule has 0 bridgehead atoms. The van der Waals surface area contributed by atoms with Crippen molar-refractivity contribution in [3.05, 3.63) is 133 Å². The first-order chi connectivity index (χ1) is 19.8. The molecule has 9 rings (SSSR count). The highest BCUT2D eigenvalue weighted by Crippen LogP contribution is 2.48. The Hall–Kier alpha value is -5.34. The highest BCUT2D eigenvalue weighted by Gasteiger charge is 2.22. The van der Waals surface area contributed by atoms with Crippen molar-refractivity contribution in [3.63, 3.8) is 0 Å². The van der Waals surface area contributed by atoms with E-state index in [1.165, 1.54) is 21.9 Å². The van der Waals surface area contributed by atoms with Gasteiger partial charge in [0.1, 0.15) is 22.3 Å². The third kappa shape index (κ3) is 2.93. The van der Waals surface area contributed by atoms with E-state index in [0.29, 0.717) is 0 Å². The lowest BCUT2D eigenvalue weighted by molar-refractivity contribution is 0.670. The summed E-state index contributed by atoms with van der Waals surface area (Å²) in [6.07, 6.45) is 0. The van der Waals surface area contributed by atoms with Crippen LogP contribution in [0, 0.1) is 0 Å². The van der Waals surface area contributed by atoms with E-state index < -0.39 is 0 Å². The topological polar surface area (TPSA) is 26.3 Å². The maximum absolute atomic E-state index is 6.76. The second-order valence-corrected chi connectivity index (χ2v) is 10.4. The maximum atomic E-state index is 6.76. The average molecular weight is 511 g/mol. The molecule has 0 amide bonds. The summed E-state index contributed by atoms with van der Waals surface area (Å²) in [7, 11) is 0. The maximum Gasteiger partial charge on any atom is 0.144 e. The number of para-hydroxylation sites is 2. The molecule has 40 heavy (non-hydrogen) atoms. The summed E-state index contributed by atoms with van der Waals surface area (Å²) in [5.74, 6) is 0. The van der Waals surface area contributed by atoms with Crippen LogP contribution in [0.3, 0.4) is 0 Å². The number of rotatable bonds is 2. The van der Waals surface area contributed by atoms with Crippen LogP contribution < -0.4 is 0 Å². The Bertz CT molecular complexity index is 2410. The lowest BCUT2D eigenvalue weighted by Gasteiger charge is -2.12. The number of hydrogen-bond donors (Lipinski definition) is 0. The van der Waals surface area contributed by atoms with Gasteiger partial charge in [-0.25, -0.2) is 0 Å². The molecule has 2 heteroatoms. The normalized spacial score (nSPS) is 12.0. The molecule has 7 aromatic carbocycles. The number of benzene rings is 7. The zero-order chi connectivity index (χ0) is 26.2. The number of fused-ring (bicyclic) bond motifs is 11.